The number of H-pyrrole nitrogens is 1. The van der Waals surface area contributed by atoms with E-state index < -0.39 is 0 Å². The molecule has 0 aliphatic heterocycles. The van der Waals surface area contributed by atoms with Crippen LogP contribution in [0.2, 0.25) is 0 Å². The van der Waals surface area contributed by atoms with E-state index in [1.54, 1.807) is 5.06 Å². The maximum absolute atomic E-state index is 13.4. The molecule has 182 valence electrons. The molecule has 0 fully saturated rings. The molecular weight excluding hydrogens is 448 g/mol. The average molecular weight is 479 g/mol. The van der Waals surface area contributed by atoms with Gasteiger partial charge in [0.25, 0.3) is 5.91 Å². The van der Waals surface area contributed by atoms with E-state index in [0.717, 1.165) is 56.5 Å². The van der Waals surface area contributed by atoms with Crippen molar-refractivity contribution in [1.29, 1.82) is 0 Å². The molecule has 5 aromatic rings. The van der Waals surface area contributed by atoms with Crippen LogP contribution < -0.4 is 10.2 Å². The van der Waals surface area contributed by atoms with Crippen LogP contribution in [0.1, 0.15) is 32.9 Å². The van der Waals surface area contributed by atoms with Crippen molar-refractivity contribution in [2.45, 2.75) is 26.7 Å². The van der Waals surface area contributed by atoms with Gasteiger partial charge in [0.1, 0.15) is 11.4 Å². The number of para-hydroxylation sites is 2. The highest BCUT2D eigenvalue weighted by molar-refractivity contribution is 6.12. The zero-order valence-electron chi connectivity index (χ0n) is 21.1. The number of amides is 1. The highest BCUT2D eigenvalue weighted by atomic mass is 16.7. The second-order valence-electron chi connectivity index (χ2n) is 9.32. The molecule has 6 heteroatoms. The monoisotopic (exact) mass is 478 g/mol. The van der Waals surface area contributed by atoms with Gasteiger partial charge in [-0.15, -0.1) is 0 Å². The zero-order chi connectivity index (χ0) is 25.2. The maximum Gasteiger partial charge on any atom is 0.274 e. The fraction of sp³-hybridized carbons (Fsp3) is 0.200. The van der Waals surface area contributed by atoms with E-state index in [1.807, 2.05) is 76.5 Å². The summed E-state index contributed by atoms with van der Waals surface area (Å²) >= 11 is 0. The number of aryl methyl sites for hydroxylation is 4. The third-order valence-corrected chi connectivity index (χ3v) is 6.39. The molecule has 0 aliphatic carbocycles. The Labute approximate surface area is 210 Å². The van der Waals surface area contributed by atoms with Gasteiger partial charge in [0.05, 0.1) is 11.2 Å². The number of aromatic nitrogens is 2. The van der Waals surface area contributed by atoms with Gasteiger partial charge < -0.3 is 15.1 Å². The van der Waals surface area contributed by atoms with Gasteiger partial charge in [0.15, 0.2) is 0 Å². The lowest BCUT2D eigenvalue weighted by atomic mass is 10.0. The Morgan fingerprint density at radius 1 is 0.917 bits per heavy atom. The van der Waals surface area contributed by atoms with Gasteiger partial charge in [-0.3, -0.25) is 4.79 Å². The van der Waals surface area contributed by atoms with Gasteiger partial charge in [0.2, 0.25) is 0 Å². The number of nitrogens with zero attached hydrogens (tertiary/aromatic N) is 2. The van der Waals surface area contributed by atoms with Crippen LogP contribution >= 0.6 is 0 Å². The number of benzene rings is 3. The van der Waals surface area contributed by atoms with Gasteiger partial charge in [-0.1, -0.05) is 48.5 Å². The second-order valence-corrected chi connectivity index (χ2v) is 9.32. The minimum Gasteiger partial charge on any atom is -0.407 e. The maximum atomic E-state index is 13.4. The molecule has 0 unspecified atom stereocenters. The summed E-state index contributed by atoms with van der Waals surface area (Å²) in [5.41, 5.74) is 7.38. The number of rotatable bonds is 7. The van der Waals surface area contributed by atoms with Gasteiger partial charge in [-0.25, -0.2) is 4.98 Å². The minimum atomic E-state index is -0.203. The first-order valence-corrected chi connectivity index (χ1v) is 12.1. The molecule has 36 heavy (non-hydrogen) atoms. The number of aromatic amines is 1. The fourth-order valence-corrected chi connectivity index (χ4v) is 4.59. The second kappa shape index (κ2) is 9.84. The number of anilines is 1. The number of hydrogen-bond acceptors (Lipinski definition) is 4. The van der Waals surface area contributed by atoms with Crippen LogP contribution in [0, 0.1) is 13.8 Å². The van der Waals surface area contributed by atoms with Gasteiger partial charge in [-0.2, -0.15) is 5.06 Å². The van der Waals surface area contributed by atoms with Gasteiger partial charge in [-0.05, 0) is 67.6 Å². The number of fused-ring (bicyclic) bond motifs is 3. The quantitative estimate of drug-likeness (QED) is 0.272. The molecule has 0 radical (unpaired) electrons. The van der Waals surface area contributed by atoms with Crippen molar-refractivity contribution < 1.29 is 9.63 Å². The van der Waals surface area contributed by atoms with Gasteiger partial charge in [0, 0.05) is 36.1 Å². The van der Waals surface area contributed by atoms with Crippen LogP contribution in [0.5, 0.6) is 5.75 Å². The Hall–Kier alpha value is -4.16. The molecule has 5 rings (SSSR count). The van der Waals surface area contributed by atoms with Crippen LogP contribution in [0.4, 0.5) is 5.69 Å². The van der Waals surface area contributed by atoms with Crippen molar-refractivity contribution in [3.05, 3.63) is 101 Å². The van der Waals surface area contributed by atoms with E-state index in [9.17, 15) is 4.79 Å². The first kappa shape index (κ1) is 23.6. The Balaban J connectivity index is 1.49. The summed E-state index contributed by atoms with van der Waals surface area (Å²) < 4.78 is 0. The van der Waals surface area contributed by atoms with E-state index >= 15 is 0 Å². The van der Waals surface area contributed by atoms with E-state index in [0.29, 0.717) is 12.1 Å². The Morgan fingerprint density at radius 3 is 2.36 bits per heavy atom. The molecule has 0 saturated carbocycles. The number of carbonyl (C=O) groups excluding carboxylic acids is 1. The minimum absolute atomic E-state index is 0.203. The summed E-state index contributed by atoms with van der Waals surface area (Å²) in [6.45, 7) is 4.00. The molecule has 3 aromatic carbocycles. The first-order valence-electron chi connectivity index (χ1n) is 12.1. The van der Waals surface area contributed by atoms with E-state index in [2.05, 4.69) is 34.6 Å². The van der Waals surface area contributed by atoms with Crippen molar-refractivity contribution in [3.63, 3.8) is 0 Å². The summed E-state index contributed by atoms with van der Waals surface area (Å²) in [5.74, 6) is 0.594. The first-order chi connectivity index (χ1) is 17.4. The lowest BCUT2D eigenvalue weighted by Gasteiger charge is -2.13. The predicted octanol–water partition coefficient (Wildman–Crippen LogP) is 6.23. The van der Waals surface area contributed by atoms with Crippen LogP contribution in [-0.4, -0.2) is 35.0 Å². The number of hydrogen-bond donors (Lipinski definition) is 2. The van der Waals surface area contributed by atoms with Crippen molar-refractivity contribution in [2.24, 2.45) is 0 Å². The van der Waals surface area contributed by atoms with Crippen LogP contribution in [0.3, 0.4) is 0 Å². The highest BCUT2D eigenvalue weighted by Crippen LogP contribution is 2.29. The van der Waals surface area contributed by atoms with Crippen LogP contribution in [-0.2, 0) is 12.8 Å². The molecular formula is C30H30N4O2. The van der Waals surface area contributed by atoms with Gasteiger partial charge >= 0.3 is 0 Å². The molecule has 0 aliphatic rings. The largest absolute Gasteiger partial charge is 0.407 e. The van der Waals surface area contributed by atoms with Crippen molar-refractivity contribution in [1.82, 2.24) is 15.0 Å². The number of pyridine rings is 1. The summed E-state index contributed by atoms with van der Waals surface area (Å²) in [4.78, 5) is 27.3. The smallest absolute Gasteiger partial charge is 0.274 e. The number of carbonyl (C=O) groups is 1. The third-order valence-electron chi connectivity index (χ3n) is 6.39. The third kappa shape index (κ3) is 4.81. The molecule has 0 spiro atoms. The molecule has 2 N–H and O–H groups in total. The molecule has 0 bridgehead atoms. The highest BCUT2D eigenvalue weighted by Gasteiger charge is 2.17. The van der Waals surface area contributed by atoms with E-state index in [-0.39, 0.29) is 5.91 Å². The van der Waals surface area contributed by atoms with Crippen molar-refractivity contribution in [3.8, 4) is 5.75 Å². The summed E-state index contributed by atoms with van der Waals surface area (Å²) in [7, 11) is 3.71. The van der Waals surface area contributed by atoms with Crippen molar-refractivity contribution >= 4 is 33.4 Å². The summed E-state index contributed by atoms with van der Waals surface area (Å²) in [6.07, 6.45) is 1.49. The molecule has 2 aromatic heterocycles. The lowest BCUT2D eigenvalue weighted by molar-refractivity contribution is -0.00327. The predicted molar refractivity (Wildman–Crippen MR) is 146 cm³/mol. The number of nitrogens with one attached hydrogen (secondary N) is 2. The summed E-state index contributed by atoms with van der Waals surface area (Å²) in [5, 5.41) is 6.86. The molecule has 0 saturated heterocycles. The summed E-state index contributed by atoms with van der Waals surface area (Å²) in [6, 6.07) is 24.1. The standard InChI is InChI=1S/C30H30N4O2/c1-19-8-7-9-20(2)28(19)33-30(35)27-18-24-23-10-5-6-11-25(23)32-29(24)26(31-27)17-14-21-12-15-22(16-13-21)36-34(3)4/h5-13,15-16,18,32H,14,17H2,1-4H3,(H,33,35). The molecule has 1 amide bonds. The lowest BCUT2D eigenvalue weighted by Crippen LogP contribution is -2.16. The van der Waals surface area contributed by atoms with E-state index in [4.69, 9.17) is 9.82 Å². The topological polar surface area (TPSA) is 70.2 Å². The normalized spacial score (nSPS) is 11.4. The molecule has 6 nitrogen and oxygen atoms in total. The SMILES string of the molecule is Cc1cccc(C)c1NC(=O)c1cc2c([nH]c3ccccc32)c(CCc2ccc(ON(C)C)cc2)n1. The zero-order valence-corrected chi connectivity index (χ0v) is 21.1. The van der Waals surface area contributed by atoms with Crippen molar-refractivity contribution in [2.75, 3.05) is 19.4 Å². The Kier molecular flexibility index (Phi) is 6.44. The Morgan fingerprint density at radius 2 is 1.64 bits per heavy atom. The molecule has 0 atom stereocenters. The van der Waals surface area contributed by atoms with E-state index in [1.165, 1.54) is 5.56 Å². The number of hydroxylamine groups is 2. The molecule has 2 heterocycles. The Bertz CT molecular complexity index is 1530. The fourth-order valence-electron chi connectivity index (χ4n) is 4.59. The van der Waals surface area contributed by atoms with Crippen LogP contribution in [0.15, 0.2) is 72.8 Å². The van der Waals surface area contributed by atoms with Crippen LogP contribution in [0.25, 0.3) is 21.8 Å². The average Bonchev–Trinajstić information content (AvgIpc) is 3.24.